The van der Waals surface area contributed by atoms with Crippen molar-refractivity contribution in [3.05, 3.63) is 11.1 Å². The minimum absolute atomic E-state index is 1.09. The molecule has 0 spiro atoms. The maximum absolute atomic E-state index is 5.52. The molecule has 0 saturated heterocycles. The van der Waals surface area contributed by atoms with E-state index in [-0.39, 0.29) is 0 Å². The molecule has 0 aliphatic rings. The average molecular weight is 193 g/mol. The molecule has 0 amide bonds. The quantitative estimate of drug-likeness (QED) is 0.573. The molecule has 0 atom stereocenters. The standard InChI is InChI=1S/C9H17ClS/c1-3-4-5-6-11-8-9(2)7-10/h7H,3-6,8H2,1-2H3/b9-7-. The Bertz CT molecular complexity index is 110. The van der Waals surface area contributed by atoms with Gasteiger partial charge in [-0.2, -0.15) is 11.8 Å². The van der Waals surface area contributed by atoms with Crippen molar-refractivity contribution in [1.29, 1.82) is 0 Å². The van der Waals surface area contributed by atoms with Gasteiger partial charge in [-0.1, -0.05) is 36.9 Å². The maximum atomic E-state index is 5.52. The van der Waals surface area contributed by atoms with Crippen LogP contribution in [0.5, 0.6) is 0 Å². The molecule has 0 aliphatic carbocycles. The molecule has 0 bridgehead atoms. The Morgan fingerprint density at radius 1 is 1.45 bits per heavy atom. The van der Waals surface area contributed by atoms with Crippen LogP contribution < -0.4 is 0 Å². The lowest BCUT2D eigenvalue weighted by atomic mass is 10.3. The molecular formula is C9H17ClS. The Kier molecular flexibility index (Phi) is 8.77. The highest BCUT2D eigenvalue weighted by atomic mass is 35.5. The van der Waals surface area contributed by atoms with E-state index in [1.165, 1.54) is 30.6 Å². The topological polar surface area (TPSA) is 0 Å². The molecule has 0 aliphatic heterocycles. The van der Waals surface area contributed by atoms with Crippen LogP contribution in [0.4, 0.5) is 0 Å². The molecule has 0 nitrogen and oxygen atoms in total. The average Bonchev–Trinajstić information content (AvgIpc) is 2.04. The second-order valence-corrected chi connectivity index (χ2v) is 4.04. The lowest BCUT2D eigenvalue weighted by Gasteiger charge is -1.99. The van der Waals surface area contributed by atoms with E-state index < -0.39 is 0 Å². The normalized spacial score (nSPS) is 12.1. The summed E-state index contributed by atoms with van der Waals surface area (Å²) in [7, 11) is 0. The molecule has 66 valence electrons. The number of hydrogen-bond acceptors (Lipinski definition) is 1. The van der Waals surface area contributed by atoms with Crippen LogP contribution in [0.2, 0.25) is 0 Å². The summed E-state index contributed by atoms with van der Waals surface area (Å²) in [6.45, 7) is 4.30. The second kappa shape index (κ2) is 8.48. The molecule has 11 heavy (non-hydrogen) atoms. The molecule has 0 saturated carbocycles. The maximum Gasteiger partial charge on any atom is 0.0152 e. The van der Waals surface area contributed by atoms with Crippen LogP contribution in [-0.2, 0) is 0 Å². The monoisotopic (exact) mass is 192 g/mol. The zero-order valence-corrected chi connectivity index (χ0v) is 8.97. The number of unbranched alkanes of at least 4 members (excludes halogenated alkanes) is 2. The van der Waals surface area contributed by atoms with Gasteiger partial charge < -0.3 is 0 Å². The molecule has 0 rings (SSSR count). The van der Waals surface area contributed by atoms with Crippen LogP contribution in [0.15, 0.2) is 11.1 Å². The highest BCUT2D eigenvalue weighted by Crippen LogP contribution is 2.10. The summed E-state index contributed by atoms with van der Waals surface area (Å²) in [6, 6.07) is 0. The molecule has 0 unspecified atom stereocenters. The van der Waals surface area contributed by atoms with Crippen molar-refractivity contribution < 1.29 is 0 Å². The smallest absolute Gasteiger partial charge is 0.0152 e. The molecule has 0 aromatic carbocycles. The van der Waals surface area contributed by atoms with Gasteiger partial charge in [0.1, 0.15) is 0 Å². The number of rotatable bonds is 6. The number of hydrogen-bond donors (Lipinski definition) is 0. The van der Waals surface area contributed by atoms with Crippen LogP contribution in [0.25, 0.3) is 0 Å². The van der Waals surface area contributed by atoms with Gasteiger partial charge in [0, 0.05) is 11.3 Å². The van der Waals surface area contributed by atoms with Crippen LogP contribution in [0.3, 0.4) is 0 Å². The van der Waals surface area contributed by atoms with Crippen molar-refractivity contribution in [1.82, 2.24) is 0 Å². The summed E-state index contributed by atoms with van der Waals surface area (Å²) in [5.74, 6) is 2.36. The number of halogens is 1. The van der Waals surface area contributed by atoms with Crippen LogP contribution in [0, 0.1) is 0 Å². The Balaban J connectivity index is 3.02. The Labute approximate surface area is 79.4 Å². The predicted molar refractivity (Wildman–Crippen MR) is 56.5 cm³/mol. The molecule has 0 heterocycles. The molecular weight excluding hydrogens is 176 g/mol. The van der Waals surface area contributed by atoms with Gasteiger partial charge in [0.25, 0.3) is 0 Å². The van der Waals surface area contributed by atoms with E-state index >= 15 is 0 Å². The van der Waals surface area contributed by atoms with E-state index in [0.717, 1.165) is 5.75 Å². The fourth-order valence-corrected chi connectivity index (χ4v) is 1.85. The van der Waals surface area contributed by atoms with E-state index in [0.29, 0.717) is 0 Å². The number of thioether (sulfide) groups is 1. The van der Waals surface area contributed by atoms with Crippen molar-refractivity contribution in [3.63, 3.8) is 0 Å². The van der Waals surface area contributed by atoms with E-state index in [4.69, 9.17) is 11.6 Å². The first-order chi connectivity index (χ1) is 5.31. The summed E-state index contributed by atoms with van der Waals surface area (Å²) in [5.41, 5.74) is 2.94. The molecule has 0 radical (unpaired) electrons. The van der Waals surface area contributed by atoms with Gasteiger partial charge in [-0.05, 0) is 19.1 Å². The van der Waals surface area contributed by atoms with Gasteiger partial charge in [-0.15, -0.1) is 0 Å². The molecule has 2 heteroatoms. The van der Waals surface area contributed by atoms with Crippen molar-refractivity contribution >= 4 is 23.4 Å². The predicted octanol–water partition coefficient (Wildman–Crippen LogP) is 4.05. The van der Waals surface area contributed by atoms with Crippen molar-refractivity contribution in [2.24, 2.45) is 0 Å². The zero-order chi connectivity index (χ0) is 8.53. The summed E-state index contributed by atoms with van der Waals surface area (Å²) in [5, 5.41) is 0. The van der Waals surface area contributed by atoms with E-state index in [1.807, 2.05) is 11.8 Å². The summed E-state index contributed by atoms with van der Waals surface area (Å²) >= 11 is 7.49. The zero-order valence-electron chi connectivity index (χ0n) is 7.40. The lowest BCUT2D eigenvalue weighted by molar-refractivity contribution is 0.779. The van der Waals surface area contributed by atoms with Gasteiger partial charge in [0.2, 0.25) is 0 Å². The minimum atomic E-state index is 1.09. The first-order valence-electron chi connectivity index (χ1n) is 4.14. The van der Waals surface area contributed by atoms with E-state index in [9.17, 15) is 0 Å². The highest BCUT2D eigenvalue weighted by Gasteiger charge is 1.90. The minimum Gasteiger partial charge on any atom is -0.158 e. The largest absolute Gasteiger partial charge is 0.158 e. The highest BCUT2D eigenvalue weighted by molar-refractivity contribution is 7.99. The summed E-state index contributed by atoms with van der Waals surface area (Å²) in [6.07, 6.45) is 4.01. The molecule has 0 aromatic heterocycles. The Morgan fingerprint density at radius 2 is 2.18 bits per heavy atom. The van der Waals surface area contributed by atoms with Crippen LogP contribution >= 0.6 is 23.4 Å². The van der Waals surface area contributed by atoms with Crippen molar-refractivity contribution in [2.45, 2.75) is 33.1 Å². The van der Waals surface area contributed by atoms with Gasteiger partial charge >= 0.3 is 0 Å². The van der Waals surface area contributed by atoms with Gasteiger partial charge in [-0.3, -0.25) is 0 Å². The first kappa shape index (κ1) is 11.4. The van der Waals surface area contributed by atoms with Crippen molar-refractivity contribution in [2.75, 3.05) is 11.5 Å². The lowest BCUT2D eigenvalue weighted by Crippen LogP contribution is -1.84. The van der Waals surface area contributed by atoms with Gasteiger partial charge in [0.05, 0.1) is 0 Å². The van der Waals surface area contributed by atoms with Crippen molar-refractivity contribution in [3.8, 4) is 0 Å². The first-order valence-corrected chi connectivity index (χ1v) is 5.74. The third kappa shape index (κ3) is 8.28. The van der Waals surface area contributed by atoms with Crippen LogP contribution in [0.1, 0.15) is 33.1 Å². The Morgan fingerprint density at radius 3 is 2.73 bits per heavy atom. The van der Waals surface area contributed by atoms with Gasteiger partial charge in [0.15, 0.2) is 0 Å². The van der Waals surface area contributed by atoms with Gasteiger partial charge in [-0.25, -0.2) is 0 Å². The summed E-state index contributed by atoms with van der Waals surface area (Å²) < 4.78 is 0. The van der Waals surface area contributed by atoms with Crippen LogP contribution in [-0.4, -0.2) is 11.5 Å². The Hall–Kier alpha value is 0.380. The molecule has 0 aromatic rings. The fraction of sp³-hybridized carbons (Fsp3) is 0.778. The SMILES string of the molecule is CCCCCSC/C(C)=C\Cl. The fourth-order valence-electron chi connectivity index (χ4n) is 0.719. The molecule has 0 fully saturated rings. The summed E-state index contributed by atoms with van der Waals surface area (Å²) in [4.78, 5) is 0. The molecule has 0 N–H and O–H groups in total. The van der Waals surface area contributed by atoms with E-state index in [2.05, 4.69) is 13.8 Å². The van der Waals surface area contributed by atoms with E-state index in [1.54, 1.807) is 5.54 Å². The third-order valence-electron chi connectivity index (χ3n) is 1.41. The second-order valence-electron chi connectivity index (χ2n) is 2.72. The third-order valence-corrected chi connectivity index (χ3v) is 3.02.